The van der Waals surface area contributed by atoms with Crippen molar-refractivity contribution in [3.05, 3.63) is 132 Å². The first-order valence-electron chi connectivity index (χ1n) is 13.2. The lowest BCUT2D eigenvalue weighted by atomic mass is 10.1. The number of hydrogen-bond acceptors (Lipinski definition) is 5. The Labute approximate surface area is 233 Å². The Bertz CT molecular complexity index is 1550. The number of rotatable bonds is 11. The quantitative estimate of drug-likeness (QED) is 0.153. The maximum Gasteiger partial charge on any atom is 0.271 e. The number of nitrogens with zero attached hydrogens (tertiary/aromatic N) is 3. The highest BCUT2D eigenvalue weighted by atomic mass is 16.5. The fourth-order valence-corrected chi connectivity index (χ4v) is 4.02. The third-order valence-corrected chi connectivity index (χ3v) is 6.10. The van der Waals surface area contributed by atoms with Gasteiger partial charge in [0.1, 0.15) is 23.8 Å². The molecule has 7 heteroatoms. The molecule has 0 aliphatic rings. The van der Waals surface area contributed by atoms with E-state index in [1.807, 2.05) is 91.1 Å². The third kappa shape index (κ3) is 6.82. The van der Waals surface area contributed by atoms with Gasteiger partial charge >= 0.3 is 0 Å². The number of benzene rings is 4. The fourth-order valence-electron chi connectivity index (χ4n) is 4.02. The summed E-state index contributed by atoms with van der Waals surface area (Å²) in [5, 5.41) is 9.04. The smallest absolute Gasteiger partial charge is 0.271 e. The molecule has 5 aromatic rings. The molecule has 40 heavy (non-hydrogen) atoms. The van der Waals surface area contributed by atoms with Crippen LogP contribution in [0.4, 0.5) is 0 Å². The number of carbonyl (C=O) groups excluding carboxylic acids is 1. The summed E-state index contributed by atoms with van der Waals surface area (Å²) in [7, 11) is 0. The molecule has 1 amide bonds. The lowest BCUT2D eigenvalue weighted by Crippen LogP contribution is -2.17. The SMILES string of the molecule is CCCOc1ccc(-c2nn(-c3ccccc3)cc2/C=N\NC(=O)c2ccc(OCc3ccccc3)cc2)cc1. The Hall–Kier alpha value is -5.17. The average Bonchev–Trinajstić information content (AvgIpc) is 3.44. The predicted octanol–water partition coefficient (Wildman–Crippen LogP) is 6.67. The van der Waals surface area contributed by atoms with Gasteiger partial charge in [0.25, 0.3) is 5.91 Å². The van der Waals surface area contributed by atoms with Crippen LogP contribution in [0.1, 0.15) is 34.8 Å². The van der Waals surface area contributed by atoms with Gasteiger partial charge in [-0.2, -0.15) is 10.2 Å². The summed E-state index contributed by atoms with van der Waals surface area (Å²) < 4.78 is 13.3. The number of hydrogen-bond donors (Lipinski definition) is 1. The lowest BCUT2D eigenvalue weighted by Gasteiger charge is -2.07. The number of hydrazone groups is 1. The van der Waals surface area contributed by atoms with Crippen LogP contribution in [0, 0.1) is 0 Å². The number of aromatic nitrogens is 2. The zero-order valence-corrected chi connectivity index (χ0v) is 22.2. The van der Waals surface area contributed by atoms with Crippen molar-refractivity contribution in [3.8, 4) is 28.4 Å². The van der Waals surface area contributed by atoms with Crippen LogP contribution in [0.25, 0.3) is 16.9 Å². The molecule has 7 nitrogen and oxygen atoms in total. The van der Waals surface area contributed by atoms with Crippen molar-refractivity contribution in [2.24, 2.45) is 5.10 Å². The summed E-state index contributed by atoms with van der Waals surface area (Å²) >= 11 is 0. The summed E-state index contributed by atoms with van der Waals surface area (Å²) in [5.74, 6) is 1.18. The van der Waals surface area contributed by atoms with Crippen molar-refractivity contribution in [1.29, 1.82) is 0 Å². The van der Waals surface area contributed by atoms with Crippen LogP contribution in [-0.4, -0.2) is 28.5 Å². The first-order valence-corrected chi connectivity index (χ1v) is 13.2. The molecule has 0 radical (unpaired) electrons. The van der Waals surface area contributed by atoms with E-state index in [9.17, 15) is 4.79 Å². The van der Waals surface area contributed by atoms with Crippen LogP contribution >= 0.6 is 0 Å². The van der Waals surface area contributed by atoms with Crippen LogP contribution in [0.3, 0.4) is 0 Å². The maximum atomic E-state index is 12.7. The Morgan fingerprint density at radius 1 is 0.850 bits per heavy atom. The molecule has 0 aliphatic heterocycles. The Morgan fingerprint density at radius 3 is 2.20 bits per heavy atom. The van der Waals surface area contributed by atoms with Crippen LogP contribution in [0.5, 0.6) is 11.5 Å². The van der Waals surface area contributed by atoms with Gasteiger partial charge in [-0.25, -0.2) is 10.1 Å². The van der Waals surface area contributed by atoms with E-state index in [0.29, 0.717) is 24.5 Å². The zero-order valence-electron chi connectivity index (χ0n) is 22.2. The van der Waals surface area contributed by atoms with Gasteiger partial charge in [0.15, 0.2) is 0 Å². The second-order valence-electron chi connectivity index (χ2n) is 9.08. The van der Waals surface area contributed by atoms with Gasteiger partial charge in [0.2, 0.25) is 0 Å². The Balaban J connectivity index is 1.28. The fraction of sp³-hybridized carbons (Fsp3) is 0.121. The Kier molecular flexibility index (Phi) is 8.63. The molecule has 0 spiro atoms. The molecule has 200 valence electrons. The van der Waals surface area contributed by atoms with Gasteiger partial charge in [0, 0.05) is 22.9 Å². The molecule has 0 bridgehead atoms. The molecular weight excluding hydrogens is 500 g/mol. The number of nitrogens with one attached hydrogen (secondary N) is 1. The molecule has 1 aromatic heterocycles. The molecule has 0 atom stereocenters. The second kappa shape index (κ2) is 13.1. The van der Waals surface area contributed by atoms with Crippen molar-refractivity contribution in [3.63, 3.8) is 0 Å². The summed E-state index contributed by atoms with van der Waals surface area (Å²) in [5.41, 5.74) is 7.51. The standard InChI is InChI=1S/C33H30N4O3/c1-2-21-39-30-17-13-26(14-18-30)32-28(23-37(36-32)29-11-7-4-8-12-29)22-34-35-33(38)27-15-19-31(20-16-27)40-24-25-9-5-3-6-10-25/h3-20,22-23H,2,21,24H2,1H3,(H,35,38)/b34-22-. The van der Waals surface area contributed by atoms with E-state index in [4.69, 9.17) is 14.6 Å². The van der Waals surface area contributed by atoms with E-state index in [1.165, 1.54) is 0 Å². The molecule has 0 saturated carbocycles. The van der Waals surface area contributed by atoms with Gasteiger partial charge in [-0.15, -0.1) is 0 Å². The minimum Gasteiger partial charge on any atom is -0.494 e. The van der Waals surface area contributed by atoms with Crippen molar-refractivity contribution >= 4 is 12.1 Å². The normalized spacial score (nSPS) is 10.9. The lowest BCUT2D eigenvalue weighted by molar-refractivity contribution is 0.0955. The summed E-state index contributed by atoms with van der Waals surface area (Å²) in [6, 6.07) is 34.6. The maximum absolute atomic E-state index is 12.7. The largest absolute Gasteiger partial charge is 0.494 e. The molecular formula is C33H30N4O3. The number of para-hydroxylation sites is 1. The van der Waals surface area contributed by atoms with Crippen LogP contribution in [-0.2, 0) is 6.61 Å². The number of carbonyl (C=O) groups is 1. The van der Waals surface area contributed by atoms with Crippen LogP contribution in [0.15, 0.2) is 120 Å². The van der Waals surface area contributed by atoms with E-state index in [1.54, 1.807) is 35.2 Å². The summed E-state index contributed by atoms with van der Waals surface area (Å²) in [6.07, 6.45) is 4.45. The van der Waals surface area contributed by atoms with Crippen molar-refractivity contribution in [2.45, 2.75) is 20.0 Å². The van der Waals surface area contributed by atoms with Gasteiger partial charge in [-0.1, -0.05) is 55.5 Å². The van der Waals surface area contributed by atoms with E-state index < -0.39 is 0 Å². The van der Waals surface area contributed by atoms with Gasteiger partial charge in [0.05, 0.1) is 18.5 Å². The molecule has 0 aliphatic carbocycles. The second-order valence-corrected chi connectivity index (χ2v) is 9.08. The molecule has 0 unspecified atom stereocenters. The van der Waals surface area contributed by atoms with Crippen molar-refractivity contribution in [1.82, 2.24) is 15.2 Å². The minimum absolute atomic E-state index is 0.319. The Morgan fingerprint density at radius 2 is 1.50 bits per heavy atom. The van der Waals surface area contributed by atoms with E-state index in [0.717, 1.165) is 40.2 Å². The first kappa shape index (κ1) is 26.4. The molecule has 0 saturated heterocycles. The van der Waals surface area contributed by atoms with E-state index in [-0.39, 0.29) is 5.91 Å². The number of amides is 1. The van der Waals surface area contributed by atoms with Gasteiger partial charge in [-0.3, -0.25) is 4.79 Å². The monoisotopic (exact) mass is 530 g/mol. The average molecular weight is 531 g/mol. The summed E-state index contributed by atoms with van der Waals surface area (Å²) in [6.45, 7) is 3.21. The topological polar surface area (TPSA) is 77.7 Å². The van der Waals surface area contributed by atoms with Crippen molar-refractivity contribution in [2.75, 3.05) is 6.61 Å². The van der Waals surface area contributed by atoms with Gasteiger partial charge < -0.3 is 9.47 Å². The van der Waals surface area contributed by atoms with Crippen LogP contribution in [0.2, 0.25) is 0 Å². The molecule has 1 N–H and O–H groups in total. The highest BCUT2D eigenvalue weighted by Gasteiger charge is 2.12. The predicted molar refractivity (Wildman–Crippen MR) is 157 cm³/mol. The molecule has 4 aromatic carbocycles. The van der Waals surface area contributed by atoms with Crippen molar-refractivity contribution < 1.29 is 14.3 Å². The highest BCUT2D eigenvalue weighted by molar-refractivity contribution is 5.95. The third-order valence-electron chi connectivity index (χ3n) is 6.10. The van der Waals surface area contributed by atoms with E-state index in [2.05, 4.69) is 17.5 Å². The van der Waals surface area contributed by atoms with Crippen LogP contribution < -0.4 is 14.9 Å². The first-order chi connectivity index (χ1) is 19.7. The molecule has 5 rings (SSSR count). The summed E-state index contributed by atoms with van der Waals surface area (Å²) in [4.78, 5) is 12.7. The van der Waals surface area contributed by atoms with Gasteiger partial charge in [-0.05, 0) is 72.6 Å². The number of ether oxygens (including phenoxy) is 2. The van der Waals surface area contributed by atoms with E-state index >= 15 is 0 Å². The highest BCUT2D eigenvalue weighted by Crippen LogP contribution is 2.25. The zero-order chi connectivity index (χ0) is 27.6. The minimum atomic E-state index is -0.319. The molecule has 1 heterocycles. The molecule has 0 fully saturated rings.